The number of rotatable bonds is 71. The SMILES string of the molecule is CCCCCCCCCCCC(=O)OC[C@H](COP(=O)(O)OC[C@H](O)COP(=O)(O)OC[C@@H](COC(=O)CCCCCCCCCCCCC(C)C)OC(=O)CCCCCCCCCCCCCCCCC(C)C)OC(=O)CCCCCCCCCCCCC(C)C. The van der Waals surface area contributed by atoms with Crippen LogP contribution in [0.2, 0.25) is 0 Å². The Morgan fingerprint density at radius 2 is 0.500 bits per heavy atom. The van der Waals surface area contributed by atoms with Gasteiger partial charge in [0.2, 0.25) is 0 Å². The van der Waals surface area contributed by atoms with Crippen molar-refractivity contribution in [2.75, 3.05) is 39.6 Å². The largest absolute Gasteiger partial charge is 0.472 e. The van der Waals surface area contributed by atoms with E-state index in [-0.39, 0.29) is 25.7 Å². The Balaban J connectivity index is 5.24. The third-order valence-corrected chi connectivity index (χ3v) is 18.8. The smallest absolute Gasteiger partial charge is 0.462 e. The molecular formula is C73H142O17P2. The van der Waals surface area contributed by atoms with Crippen LogP contribution in [-0.4, -0.2) is 96.7 Å². The zero-order valence-electron chi connectivity index (χ0n) is 60.0. The first-order valence-corrected chi connectivity index (χ1v) is 40.8. The maximum atomic E-state index is 13.1. The third-order valence-electron chi connectivity index (χ3n) is 16.9. The Morgan fingerprint density at radius 3 is 0.739 bits per heavy atom. The van der Waals surface area contributed by atoms with Gasteiger partial charge in [0.25, 0.3) is 0 Å². The van der Waals surface area contributed by atoms with Crippen molar-refractivity contribution in [1.29, 1.82) is 0 Å². The minimum atomic E-state index is -4.95. The fourth-order valence-electron chi connectivity index (χ4n) is 11.1. The van der Waals surface area contributed by atoms with E-state index in [1.165, 1.54) is 180 Å². The van der Waals surface area contributed by atoms with Crippen LogP contribution in [-0.2, 0) is 65.4 Å². The van der Waals surface area contributed by atoms with Gasteiger partial charge in [0.1, 0.15) is 19.3 Å². The zero-order valence-corrected chi connectivity index (χ0v) is 61.8. The van der Waals surface area contributed by atoms with E-state index in [0.717, 1.165) is 108 Å². The molecule has 92 heavy (non-hydrogen) atoms. The van der Waals surface area contributed by atoms with Crippen molar-refractivity contribution >= 4 is 39.5 Å². The Morgan fingerprint density at radius 1 is 0.293 bits per heavy atom. The predicted molar refractivity (Wildman–Crippen MR) is 372 cm³/mol. The highest BCUT2D eigenvalue weighted by Crippen LogP contribution is 2.45. The molecule has 3 N–H and O–H groups in total. The summed E-state index contributed by atoms with van der Waals surface area (Å²) >= 11 is 0. The molecule has 0 aliphatic carbocycles. The van der Waals surface area contributed by atoms with Crippen LogP contribution in [0.1, 0.15) is 370 Å². The molecule has 0 aliphatic rings. The van der Waals surface area contributed by atoms with Crippen LogP contribution in [0, 0.1) is 17.8 Å². The Hall–Kier alpha value is -1.94. The first-order chi connectivity index (χ1) is 44.2. The second-order valence-corrected chi connectivity index (χ2v) is 30.7. The van der Waals surface area contributed by atoms with Gasteiger partial charge < -0.3 is 33.8 Å². The highest BCUT2D eigenvalue weighted by atomic mass is 31.2. The van der Waals surface area contributed by atoms with Crippen molar-refractivity contribution in [3.63, 3.8) is 0 Å². The molecule has 0 aliphatic heterocycles. The normalized spacial score (nSPS) is 14.1. The Bertz CT molecular complexity index is 1800. The molecule has 0 radical (unpaired) electrons. The van der Waals surface area contributed by atoms with Gasteiger partial charge in [0.15, 0.2) is 12.2 Å². The quantitative estimate of drug-likeness (QED) is 0.0222. The van der Waals surface area contributed by atoms with Gasteiger partial charge in [-0.05, 0) is 43.4 Å². The number of carbonyl (C=O) groups excluding carboxylic acids is 4. The summed E-state index contributed by atoms with van der Waals surface area (Å²) in [7, 11) is -9.90. The number of phosphoric ester groups is 2. The Kier molecular flexibility index (Phi) is 62.4. The predicted octanol–water partition coefficient (Wildman–Crippen LogP) is 21.0. The number of hydrogen-bond donors (Lipinski definition) is 3. The van der Waals surface area contributed by atoms with Gasteiger partial charge >= 0.3 is 39.5 Å². The van der Waals surface area contributed by atoms with Gasteiger partial charge in [0, 0.05) is 25.7 Å². The average Bonchev–Trinajstić information content (AvgIpc) is 1.53. The molecule has 17 nitrogen and oxygen atoms in total. The molecule has 19 heteroatoms. The minimum Gasteiger partial charge on any atom is -0.462 e. The summed E-state index contributed by atoms with van der Waals surface area (Å²) in [6.07, 6.45) is 48.5. The summed E-state index contributed by atoms with van der Waals surface area (Å²) in [6.45, 7) is 11.9. The maximum absolute atomic E-state index is 13.1. The van der Waals surface area contributed by atoms with E-state index in [1.807, 2.05) is 0 Å². The molecule has 0 saturated carbocycles. The fraction of sp³-hybridized carbons (Fsp3) is 0.945. The van der Waals surface area contributed by atoms with Crippen LogP contribution >= 0.6 is 15.6 Å². The van der Waals surface area contributed by atoms with E-state index in [9.17, 15) is 43.2 Å². The summed E-state index contributed by atoms with van der Waals surface area (Å²) in [6, 6.07) is 0. The summed E-state index contributed by atoms with van der Waals surface area (Å²) in [5, 5.41) is 10.6. The standard InChI is InChI=1S/C73H142O17P2/c1-8-9-10-11-12-23-33-40-47-54-70(75)83-60-68(90-73(78)57-50-43-36-29-22-20-26-32-39-46-53-66(6)7)62-87-91(79,80)85-58-67(74)59-86-92(81,82)88-63-69(61-84-71(76)55-48-41-34-27-21-19-25-31-38-45-52-65(4)5)89-72(77)56-49-42-35-28-18-16-14-13-15-17-24-30-37-44-51-64(2)3/h64-69,74H,8-63H2,1-7H3,(H,79,80)(H,81,82)/t67-,68+,69+/m0/s1. The summed E-state index contributed by atoms with van der Waals surface area (Å²) < 4.78 is 68.4. The number of aliphatic hydroxyl groups excluding tert-OH is 1. The van der Waals surface area contributed by atoms with Gasteiger partial charge in [-0.2, -0.15) is 0 Å². The van der Waals surface area contributed by atoms with Gasteiger partial charge in [-0.1, -0.05) is 318 Å². The number of carbonyl (C=O) groups is 4. The molecule has 0 aromatic rings. The van der Waals surface area contributed by atoms with Crippen molar-refractivity contribution in [3.8, 4) is 0 Å². The van der Waals surface area contributed by atoms with Crippen LogP contribution in [0.4, 0.5) is 0 Å². The number of phosphoric acid groups is 2. The number of aliphatic hydroxyl groups is 1. The highest BCUT2D eigenvalue weighted by Gasteiger charge is 2.30. The highest BCUT2D eigenvalue weighted by molar-refractivity contribution is 7.47. The van der Waals surface area contributed by atoms with Crippen LogP contribution in [0.5, 0.6) is 0 Å². The molecule has 0 rings (SSSR count). The zero-order chi connectivity index (χ0) is 68.0. The molecule has 0 aromatic carbocycles. The van der Waals surface area contributed by atoms with Crippen molar-refractivity contribution in [1.82, 2.24) is 0 Å². The molecule has 0 fully saturated rings. The number of hydrogen-bond acceptors (Lipinski definition) is 15. The molecular weight excluding hydrogens is 1210 g/mol. The van der Waals surface area contributed by atoms with Gasteiger partial charge in [0.05, 0.1) is 26.4 Å². The number of ether oxygens (including phenoxy) is 4. The van der Waals surface area contributed by atoms with Crippen molar-refractivity contribution < 1.29 is 80.2 Å². The molecule has 0 bridgehead atoms. The maximum Gasteiger partial charge on any atom is 0.472 e. The van der Waals surface area contributed by atoms with E-state index in [2.05, 4.69) is 48.5 Å². The monoisotopic (exact) mass is 1350 g/mol. The molecule has 546 valence electrons. The summed E-state index contributed by atoms with van der Waals surface area (Å²) in [4.78, 5) is 72.6. The summed E-state index contributed by atoms with van der Waals surface area (Å²) in [5.41, 5.74) is 0. The molecule has 0 saturated heterocycles. The average molecular weight is 1350 g/mol. The minimum absolute atomic E-state index is 0.106. The molecule has 0 amide bonds. The molecule has 0 aromatic heterocycles. The van der Waals surface area contributed by atoms with E-state index >= 15 is 0 Å². The van der Waals surface area contributed by atoms with E-state index in [0.29, 0.717) is 25.7 Å². The lowest BCUT2D eigenvalue weighted by Crippen LogP contribution is -2.30. The van der Waals surface area contributed by atoms with E-state index in [1.54, 1.807) is 0 Å². The van der Waals surface area contributed by atoms with Crippen molar-refractivity contribution in [3.05, 3.63) is 0 Å². The van der Waals surface area contributed by atoms with E-state index < -0.39 is 97.5 Å². The van der Waals surface area contributed by atoms with Crippen LogP contribution in [0.3, 0.4) is 0 Å². The molecule has 2 unspecified atom stereocenters. The second kappa shape index (κ2) is 63.8. The molecule has 0 heterocycles. The lowest BCUT2D eigenvalue weighted by Gasteiger charge is -2.21. The first-order valence-electron chi connectivity index (χ1n) is 37.8. The van der Waals surface area contributed by atoms with Gasteiger partial charge in [-0.3, -0.25) is 37.3 Å². The lowest BCUT2D eigenvalue weighted by molar-refractivity contribution is -0.161. The molecule has 5 atom stereocenters. The topological polar surface area (TPSA) is 237 Å². The lowest BCUT2D eigenvalue weighted by atomic mass is 10.0. The molecule has 0 spiro atoms. The van der Waals surface area contributed by atoms with Crippen LogP contribution < -0.4 is 0 Å². The Labute approximate surface area is 562 Å². The van der Waals surface area contributed by atoms with Crippen LogP contribution in [0.25, 0.3) is 0 Å². The van der Waals surface area contributed by atoms with Crippen molar-refractivity contribution in [2.45, 2.75) is 388 Å². The third kappa shape index (κ3) is 66.7. The number of unbranched alkanes of at least 4 members (excludes halogenated alkanes) is 39. The van der Waals surface area contributed by atoms with Gasteiger partial charge in [-0.15, -0.1) is 0 Å². The summed E-state index contributed by atoms with van der Waals surface area (Å²) in [5.74, 6) is 0.183. The first kappa shape index (κ1) is 90.1. The fourth-order valence-corrected chi connectivity index (χ4v) is 12.7. The second-order valence-electron chi connectivity index (χ2n) is 27.8. The van der Waals surface area contributed by atoms with Crippen LogP contribution in [0.15, 0.2) is 0 Å². The van der Waals surface area contributed by atoms with Crippen molar-refractivity contribution in [2.24, 2.45) is 17.8 Å². The van der Waals surface area contributed by atoms with Gasteiger partial charge in [-0.25, -0.2) is 9.13 Å². The number of esters is 4. The van der Waals surface area contributed by atoms with E-state index in [4.69, 9.17) is 37.0 Å².